The zero-order valence-electron chi connectivity index (χ0n) is 17.7. The van der Waals surface area contributed by atoms with Gasteiger partial charge in [-0.2, -0.15) is 13.2 Å². The Hall–Kier alpha value is -2.60. The van der Waals surface area contributed by atoms with Crippen molar-refractivity contribution in [2.75, 3.05) is 51.1 Å². The maximum absolute atomic E-state index is 12.6. The van der Waals surface area contributed by atoms with Gasteiger partial charge in [0.15, 0.2) is 0 Å². The number of carbonyl (C=O) groups is 1. The third kappa shape index (κ3) is 6.22. The predicted molar refractivity (Wildman–Crippen MR) is 112 cm³/mol. The van der Waals surface area contributed by atoms with Gasteiger partial charge in [0.1, 0.15) is 17.6 Å². The second kappa shape index (κ2) is 9.90. The largest absolute Gasteiger partial charge is 0.405 e. The fourth-order valence-corrected chi connectivity index (χ4v) is 4.05. The van der Waals surface area contributed by atoms with Crippen LogP contribution >= 0.6 is 0 Å². The molecule has 2 aliphatic heterocycles. The molecule has 4 rings (SSSR count). The van der Waals surface area contributed by atoms with Crippen LogP contribution in [-0.4, -0.2) is 93.7 Å². The van der Waals surface area contributed by atoms with Crippen LogP contribution in [0.4, 0.5) is 19.1 Å². The molecule has 0 spiro atoms. The Morgan fingerprint density at radius 1 is 0.969 bits per heavy atom. The summed E-state index contributed by atoms with van der Waals surface area (Å²) in [5.74, 6) is -0.553. The third-order valence-corrected chi connectivity index (χ3v) is 5.84. The molecule has 2 aromatic rings. The van der Waals surface area contributed by atoms with E-state index in [9.17, 15) is 18.0 Å². The topological polar surface area (TPSA) is 99.2 Å². The smallest absolute Gasteiger partial charge is 0.346 e. The monoisotopic (exact) mass is 452 g/mol. The predicted octanol–water partition coefficient (Wildman–Crippen LogP) is 1.68. The first-order chi connectivity index (χ1) is 15.4. The van der Waals surface area contributed by atoms with Gasteiger partial charge >= 0.3 is 6.18 Å². The van der Waals surface area contributed by atoms with E-state index in [1.807, 2.05) is 0 Å². The van der Waals surface area contributed by atoms with Gasteiger partial charge in [-0.05, 0) is 38.8 Å². The number of alkyl halides is 3. The van der Waals surface area contributed by atoms with E-state index in [-0.39, 0.29) is 29.2 Å². The molecule has 0 aliphatic carbocycles. The van der Waals surface area contributed by atoms with Crippen molar-refractivity contribution in [3.05, 3.63) is 18.2 Å². The molecule has 2 aliphatic rings. The number of nitrogens with one attached hydrogen (secondary N) is 2. The molecular formula is C20H27F3N8O. The fourth-order valence-electron chi connectivity index (χ4n) is 4.05. The number of piperidine rings is 1. The van der Waals surface area contributed by atoms with E-state index in [2.05, 4.69) is 40.4 Å². The van der Waals surface area contributed by atoms with Crippen molar-refractivity contribution in [1.29, 1.82) is 0 Å². The van der Waals surface area contributed by atoms with Gasteiger partial charge in [0.25, 0.3) is 5.91 Å². The summed E-state index contributed by atoms with van der Waals surface area (Å²) in [4.78, 5) is 33.5. The first kappa shape index (κ1) is 22.6. The summed E-state index contributed by atoms with van der Waals surface area (Å²) in [5, 5.41) is 5.09. The summed E-state index contributed by atoms with van der Waals surface area (Å²) in [6.45, 7) is 5.23. The lowest BCUT2D eigenvalue weighted by atomic mass is 10.0. The molecule has 2 N–H and O–H groups in total. The van der Waals surface area contributed by atoms with Crippen LogP contribution < -0.4 is 10.6 Å². The SMILES string of the molecule is O=C(NC1CCN(CCN2CCCC2)CC1)c1ncc2nc(NCC(F)(F)F)ncc2n1. The van der Waals surface area contributed by atoms with Crippen molar-refractivity contribution in [1.82, 2.24) is 35.1 Å². The van der Waals surface area contributed by atoms with Gasteiger partial charge in [0.05, 0.1) is 12.4 Å². The van der Waals surface area contributed by atoms with Gasteiger partial charge in [-0.1, -0.05) is 0 Å². The molecule has 0 aromatic carbocycles. The Morgan fingerprint density at radius 3 is 2.28 bits per heavy atom. The highest BCUT2D eigenvalue weighted by Crippen LogP contribution is 2.16. The van der Waals surface area contributed by atoms with E-state index in [1.54, 1.807) is 0 Å². The van der Waals surface area contributed by atoms with Crippen LogP contribution in [-0.2, 0) is 0 Å². The number of halogens is 3. The molecule has 1 amide bonds. The van der Waals surface area contributed by atoms with E-state index < -0.39 is 12.7 Å². The minimum atomic E-state index is -4.37. The van der Waals surface area contributed by atoms with Gasteiger partial charge in [-0.3, -0.25) is 4.79 Å². The Kier molecular flexibility index (Phi) is 6.99. The Morgan fingerprint density at radius 2 is 1.59 bits per heavy atom. The van der Waals surface area contributed by atoms with Crippen LogP contribution in [0, 0.1) is 0 Å². The van der Waals surface area contributed by atoms with Crippen LogP contribution in [0.15, 0.2) is 12.4 Å². The summed E-state index contributed by atoms with van der Waals surface area (Å²) in [6.07, 6.45) is 2.56. The number of fused-ring (bicyclic) bond motifs is 1. The van der Waals surface area contributed by atoms with Crippen LogP contribution in [0.5, 0.6) is 0 Å². The highest BCUT2D eigenvalue weighted by Gasteiger charge is 2.27. The molecular weight excluding hydrogens is 425 g/mol. The van der Waals surface area contributed by atoms with Gasteiger partial charge in [0, 0.05) is 32.2 Å². The van der Waals surface area contributed by atoms with Gasteiger partial charge < -0.3 is 20.4 Å². The highest BCUT2D eigenvalue weighted by molar-refractivity contribution is 5.92. The summed E-state index contributed by atoms with van der Waals surface area (Å²) in [6, 6.07) is 0.0648. The molecule has 174 valence electrons. The average Bonchev–Trinajstić information content (AvgIpc) is 3.30. The number of rotatable bonds is 7. The minimum Gasteiger partial charge on any atom is -0.346 e. The number of likely N-dealkylation sites (tertiary alicyclic amines) is 2. The molecule has 0 saturated carbocycles. The lowest BCUT2D eigenvalue weighted by Gasteiger charge is -2.33. The number of aromatic nitrogens is 4. The maximum atomic E-state index is 12.6. The lowest BCUT2D eigenvalue weighted by Crippen LogP contribution is -2.46. The van der Waals surface area contributed by atoms with E-state index in [0.717, 1.165) is 39.0 Å². The minimum absolute atomic E-state index is 0.00596. The van der Waals surface area contributed by atoms with Gasteiger partial charge in [-0.15, -0.1) is 0 Å². The van der Waals surface area contributed by atoms with Gasteiger partial charge in [0.2, 0.25) is 11.8 Å². The van der Waals surface area contributed by atoms with Crippen LogP contribution in [0.2, 0.25) is 0 Å². The van der Waals surface area contributed by atoms with E-state index in [4.69, 9.17) is 0 Å². The molecule has 2 fully saturated rings. The van der Waals surface area contributed by atoms with Crippen LogP contribution in [0.25, 0.3) is 11.0 Å². The lowest BCUT2D eigenvalue weighted by molar-refractivity contribution is -0.115. The van der Waals surface area contributed by atoms with Gasteiger partial charge in [-0.25, -0.2) is 19.9 Å². The quantitative estimate of drug-likeness (QED) is 0.655. The molecule has 2 saturated heterocycles. The molecule has 4 heterocycles. The number of hydrogen-bond acceptors (Lipinski definition) is 8. The second-order valence-corrected chi connectivity index (χ2v) is 8.26. The zero-order valence-corrected chi connectivity index (χ0v) is 17.7. The van der Waals surface area contributed by atoms with Crippen molar-refractivity contribution in [3.8, 4) is 0 Å². The van der Waals surface area contributed by atoms with Crippen molar-refractivity contribution in [2.45, 2.75) is 37.9 Å². The van der Waals surface area contributed by atoms with Crippen LogP contribution in [0.3, 0.4) is 0 Å². The highest BCUT2D eigenvalue weighted by atomic mass is 19.4. The standard InChI is InChI=1S/C20H27F3N8O/c21-20(22,23)13-26-19-25-12-15-16(29-19)11-24-17(28-15)18(32)27-14-3-7-31(8-4-14)10-9-30-5-1-2-6-30/h11-12,14H,1-10,13H2,(H,27,32)(H,25,26,29). The first-order valence-corrected chi connectivity index (χ1v) is 10.9. The van der Waals surface area contributed by atoms with Crippen LogP contribution in [0.1, 0.15) is 36.3 Å². The Labute approximate surface area is 183 Å². The molecule has 12 heteroatoms. The number of anilines is 1. The van der Waals surface area contributed by atoms with Crippen molar-refractivity contribution in [2.24, 2.45) is 0 Å². The Bertz CT molecular complexity index is 927. The Balaban J connectivity index is 1.27. The van der Waals surface area contributed by atoms with Crippen molar-refractivity contribution >= 4 is 22.9 Å². The van der Waals surface area contributed by atoms with E-state index >= 15 is 0 Å². The average molecular weight is 452 g/mol. The van der Waals surface area contributed by atoms with Crippen molar-refractivity contribution < 1.29 is 18.0 Å². The summed E-state index contributed by atoms with van der Waals surface area (Å²) in [7, 11) is 0. The maximum Gasteiger partial charge on any atom is 0.405 e. The number of amides is 1. The summed E-state index contributed by atoms with van der Waals surface area (Å²) < 4.78 is 37.0. The third-order valence-electron chi connectivity index (χ3n) is 5.84. The molecule has 0 unspecified atom stereocenters. The molecule has 0 atom stereocenters. The number of nitrogens with zero attached hydrogens (tertiary/aromatic N) is 6. The van der Waals surface area contributed by atoms with E-state index in [1.165, 1.54) is 38.3 Å². The second-order valence-electron chi connectivity index (χ2n) is 8.26. The molecule has 2 aromatic heterocycles. The summed E-state index contributed by atoms with van der Waals surface area (Å²) >= 11 is 0. The first-order valence-electron chi connectivity index (χ1n) is 10.9. The number of carbonyl (C=O) groups excluding carboxylic acids is 1. The summed E-state index contributed by atoms with van der Waals surface area (Å²) in [5.41, 5.74) is 0.548. The van der Waals surface area contributed by atoms with E-state index in [0.29, 0.717) is 5.52 Å². The number of hydrogen-bond donors (Lipinski definition) is 2. The molecule has 9 nitrogen and oxygen atoms in total. The molecule has 0 radical (unpaired) electrons. The molecule has 32 heavy (non-hydrogen) atoms. The fraction of sp³-hybridized carbons (Fsp3) is 0.650. The zero-order chi connectivity index (χ0) is 22.6. The molecule has 0 bridgehead atoms. The normalized spacial score (nSPS) is 18.8. The van der Waals surface area contributed by atoms with Crippen molar-refractivity contribution in [3.63, 3.8) is 0 Å².